The number of rotatable bonds is 6. The van der Waals surface area contributed by atoms with Crippen LogP contribution in [0, 0.1) is 0 Å². The fourth-order valence-electron chi connectivity index (χ4n) is 1.90. The quantitative estimate of drug-likeness (QED) is 0.851. The second-order valence-electron chi connectivity index (χ2n) is 5.14. The molecule has 1 atom stereocenters. The third-order valence-electron chi connectivity index (χ3n) is 3.22. The van der Waals surface area contributed by atoms with Gasteiger partial charge in [-0.15, -0.1) is 0 Å². The van der Waals surface area contributed by atoms with E-state index in [2.05, 4.69) is 0 Å². The normalized spacial score (nSPS) is 12.8. The first-order chi connectivity index (χ1) is 8.97. The number of hydrogen-bond acceptors (Lipinski definition) is 3. The van der Waals surface area contributed by atoms with Crippen molar-refractivity contribution in [3.8, 4) is 0 Å². The fraction of sp³-hybridized carbons (Fsp3) is 0.533. The van der Waals surface area contributed by atoms with Crippen LogP contribution in [0.2, 0.25) is 0 Å². The lowest BCUT2D eigenvalue weighted by Crippen LogP contribution is -2.45. The number of carbonyl (C=O) groups excluding carboxylic acids is 1. The Labute approximate surface area is 115 Å². The molecule has 0 fully saturated rings. The van der Waals surface area contributed by atoms with E-state index >= 15 is 0 Å². The molecule has 0 saturated heterocycles. The van der Waals surface area contributed by atoms with Gasteiger partial charge in [0.25, 0.3) is 0 Å². The molecule has 0 heterocycles. The first-order valence-electron chi connectivity index (χ1n) is 6.65. The summed E-state index contributed by atoms with van der Waals surface area (Å²) in [5.74, 6) is 0.0454. The van der Waals surface area contributed by atoms with Crippen LogP contribution in [-0.2, 0) is 4.79 Å². The van der Waals surface area contributed by atoms with Gasteiger partial charge in [0.05, 0.1) is 13.2 Å². The van der Waals surface area contributed by atoms with Crippen LogP contribution in [-0.4, -0.2) is 48.2 Å². The predicted molar refractivity (Wildman–Crippen MR) is 78.2 cm³/mol. The van der Waals surface area contributed by atoms with E-state index in [1.807, 2.05) is 63.1 Å². The molecule has 4 heteroatoms. The van der Waals surface area contributed by atoms with Crippen molar-refractivity contribution < 1.29 is 9.90 Å². The zero-order valence-electron chi connectivity index (χ0n) is 12.2. The highest BCUT2D eigenvalue weighted by Gasteiger charge is 2.21. The Hall–Kier alpha value is -1.39. The average molecular weight is 264 g/mol. The Morgan fingerprint density at radius 3 is 2.26 bits per heavy atom. The number of aliphatic hydroxyl groups is 1. The van der Waals surface area contributed by atoms with Crippen LogP contribution < -0.4 is 4.90 Å². The molecule has 0 aromatic heterocycles. The number of carbonyl (C=O) groups is 1. The smallest absolute Gasteiger partial charge is 0.241 e. The molecule has 0 bridgehead atoms. The lowest BCUT2D eigenvalue weighted by atomic mass is 10.2. The van der Waals surface area contributed by atoms with Gasteiger partial charge in [-0.1, -0.05) is 18.2 Å². The Morgan fingerprint density at radius 2 is 1.79 bits per heavy atom. The van der Waals surface area contributed by atoms with Crippen LogP contribution in [0.4, 0.5) is 5.69 Å². The second-order valence-corrected chi connectivity index (χ2v) is 5.14. The molecule has 1 amide bonds. The first-order valence-corrected chi connectivity index (χ1v) is 6.65. The summed E-state index contributed by atoms with van der Waals surface area (Å²) in [5.41, 5.74) is 0.910. The van der Waals surface area contributed by atoms with E-state index < -0.39 is 0 Å². The maximum Gasteiger partial charge on any atom is 0.241 e. The van der Waals surface area contributed by atoms with Crippen molar-refractivity contribution in [3.63, 3.8) is 0 Å². The third-order valence-corrected chi connectivity index (χ3v) is 3.22. The molecule has 0 spiro atoms. The summed E-state index contributed by atoms with van der Waals surface area (Å²) >= 11 is 0. The molecule has 0 aliphatic carbocycles. The van der Waals surface area contributed by atoms with Crippen LogP contribution in [0.3, 0.4) is 0 Å². The minimum atomic E-state index is -0.0197. The van der Waals surface area contributed by atoms with Crippen LogP contribution in [0.5, 0.6) is 0 Å². The SMILES string of the molecule is CC(CO)N(C)CC(=O)N(c1ccccc1)C(C)C. The van der Waals surface area contributed by atoms with E-state index in [-0.39, 0.29) is 24.6 Å². The molecule has 1 N–H and O–H groups in total. The lowest BCUT2D eigenvalue weighted by molar-refractivity contribution is -0.120. The van der Waals surface area contributed by atoms with Gasteiger partial charge in [0.15, 0.2) is 0 Å². The highest BCUT2D eigenvalue weighted by Crippen LogP contribution is 2.17. The highest BCUT2D eigenvalue weighted by molar-refractivity contribution is 5.95. The Kier molecular flexibility index (Phi) is 5.99. The van der Waals surface area contributed by atoms with Gasteiger partial charge in [-0.25, -0.2) is 0 Å². The van der Waals surface area contributed by atoms with E-state index in [9.17, 15) is 4.79 Å². The minimum Gasteiger partial charge on any atom is -0.395 e. The number of likely N-dealkylation sites (N-methyl/N-ethyl adjacent to an activating group) is 1. The van der Waals surface area contributed by atoms with Gasteiger partial charge >= 0.3 is 0 Å². The van der Waals surface area contributed by atoms with Crippen LogP contribution >= 0.6 is 0 Å². The number of benzene rings is 1. The summed E-state index contributed by atoms with van der Waals surface area (Å²) in [4.78, 5) is 16.1. The third kappa shape index (κ3) is 4.33. The van der Waals surface area contributed by atoms with Gasteiger partial charge < -0.3 is 10.0 Å². The van der Waals surface area contributed by atoms with Gasteiger partial charge in [-0.3, -0.25) is 9.69 Å². The molecule has 1 unspecified atom stereocenters. The van der Waals surface area contributed by atoms with E-state index in [0.717, 1.165) is 5.69 Å². The monoisotopic (exact) mass is 264 g/mol. The highest BCUT2D eigenvalue weighted by atomic mass is 16.3. The van der Waals surface area contributed by atoms with Crippen molar-refractivity contribution in [1.82, 2.24) is 4.90 Å². The molecule has 106 valence electrons. The number of amides is 1. The predicted octanol–water partition coefficient (Wildman–Crippen LogP) is 1.74. The first kappa shape index (κ1) is 15.7. The largest absolute Gasteiger partial charge is 0.395 e. The van der Waals surface area contributed by atoms with Crippen LogP contribution in [0.1, 0.15) is 20.8 Å². The number of hydrogen-bond donors (Lipinski definition) is 1. The van der Waals surface area contributed by atoms with Crippen LogP contribution in [0.25, 0.3) is 0 Å². The molecule has 0 saturated carbocycles. The van der Waals surface area contributed by atoms with E-state index in [1.54, 1.807) is 4.90 Å². The van der Waals surface area contributed by atoms with Crippen molar-refractivity contribution >= 4 is 11.6 Å². The Morgan fingerprint density at radius 1 is 1.21 bits per heavy atom. The summed E-state index contributed by atoms with van der Waals surface area (Å²) in [5, 5.41) is 9.12. The molecular weight excluding hydrogens is 240 g/mol. The standard InChI is InChI=1S/C15H24N2O2/c1-12(2)17(14-8-6-5-7-9-14)15(19)10-16(4)13(3)11-18/h5-9,12-13,18H,10-11H2,1-4H3. The van der Waals surface area contributed by atoms with Gasteiger partial charge in [0, 0.05) is 17.8 Å². The number of anilines is 1. The molecule has 1 aromatic carbocycles. The molecule has 1 aromatic rings. The van der Waals surface area contributed by atoms with E-state index in [0.29, 0.717) is 6.54 Å². The van der Waals surface area contributed by atoms with Gasteiger partial charge in [0.1, 0.15) is 0 Å². The molecular formula is C15H24N2O2. The molecule has 1 rings (SSSR count). The summed E-state index contributed by atoms with van der Waals surface area (Å²) < 4.78 is 0. The zero-order chi connectivity index (χ0) is 14.4. The number of nitrogens with zero attached hydrogens (tertiary/aromatic N) is 2. The second kappa shape index (κ2) is 7.26. The molecule has 0 aliphatic heterocycles. The Bertz CT molecular complexity index is 392. The van der Waals surface area contributed by atoms with E-state index in [4.69, 9.17) is 5.11 Å². The molecule has 0 radical (unpaired) electrons. The number of aliphatic hydroxyl groups excluding tert-OH is 1. The zero-order valence-corrected chi connectivity index (χ0v) is 12.2. The van der Waals surface area contributed by atoms with Crippen molar-refractivity contribution in [1.29, 1.82) is 0 Å². The van der Waals surface area contributed by atoms with Gasteiger partial charge in [0.2, 0.25) is 5.91 Å². The fourth-order valence-corrected chi connectivity index (χ4v) is 1.90. The maximum absolute atomic E-state index is 12.4. The molecule has 19 heavy (non-hydrogen) atoms. The number of para-hydroxylation sites is 1. The van der Waals surface area contributed by atoms with Crippen molar-refractivity contribution in [2.75, 3.05) is 25.1 Å². The maximum atomic E-state index is 12.4. The molecule has 0 aliphatic rings. The van der Waals surface area contributed by atoms with Gasteiger partial charge in [-0.05, 0) is 40.0 Å². The van der Waals surface area contributed by atoms with Crippen LogP contribution in [0.15, 0.2) is 30.3 Å². The summed E-state index contributed by atoms with van der Waals surface area (Å²) in [6, 6.07) is 9.75. The average Bonchev–Trinajstić information content (AvgIpc) is 2.38. The Balaban J connectivity index is 2.81. The van der Waals surface area contributed by atoms with Crippen molar-refractivity contribution in [2.24, 2.45) is 0 Å². The lowest BCUT2D eigenvalue weighted by Gasteiger charge is -2.30. The minimum absolute atomic E-state index is 0.0197. The molecule has 4 nitrogen and oxygen atoms in total. The summed E-state index contributed by atoms with van der Waals surface area (Å²) in [6.07, 6.45) is 0. The topological polar surface area (TPSA) is 43.8 Å². The summed E-state index contributed by atoms with van der Waals surface area (Å²) in [7, 11) is 1.85. The van der Waals surface area contributed by atoms with E-state index in [1.165, 1.54) is 0 Å². The summed E-state index contributed by atoms with van der Waals surface area (Å²) in [6.45, 7) is 6.25. The van der Waals surface area contributed by atoms with Crippen molar-refractivity contribution in [2.45, 2.75) is 32.9 Å². The van der Waals surface area contributed by atoms with Crippen molar-refractivity contribution in [3.05, 3.63) is 30.3 Å². The van der Waals surface area contributed by atoms with Gasteiger partial charge in [-0.2, -0.15) is 0 Å².